The maximum Gasteiger partial charge on any atom is 0.139 e. The van der Waals surface area contributed by atoms with Gasteiger partial charge in [0.2, 0.25) is 0 Å². The fourth-order valence-electron chi connectivity index (χ4n) is 1.31. The molecule has 0 radical (unpaired) electrons. The minimum atomic E-state index is 0.190. The lowest BCUT2D eigenvalue weighted by Gasteiger charge is -2.21. The second-order valence-corrected chi connectivity index (χ2v) is 5.10. The Bertz CT molecular complexity index is 329. The third-order valence-electron chi connectivity index (χ3n) is 2.50. The highest BCUT2D eigenvalue weighted by molar-refractivity contribution is 6.30. The largest absolute Gasteiger partial charge is 0.492 e. The van der Waals surface area contributed by atoms with Crippen molar-refractivity contribution < 1.29 is 4.74 Å². The fourth-order valence-corrected chi connectivity index (χ4v) is 1.48. The molecule has 1 rings (SSSR count). The van der Waals surface area contributed by atoms with Crippen LogP contribution in [0.25, 0.3) is 0 Å². The SMILES string of the molecule is CC(C)(CN)CCCOc1cncc(Cl)c1. The van der Waals surface area contributed by atoms with Crippen LogP contribution in [0.5, 0.6) is 5.75 Å². The molecule has 0 aliphatic rings. The smallest absolute Gasteiger partial charge is 0.139 e. The van der Waals surface area contributed by atoms with E-state index in [9.17, 15) is 0 Å². The quantitative estimate of drug-likeness (QED) is 0.781. The predicted octanol–water partition coefficient (Wildman–Crippen LogP) is 2.88. The fraction of sp³-hybridized carbons (Fsp3) is 0.583. The molecule has 0 aliphatic heterocycles. The number of halogens is 1. The molecule has 0 atom stereocenters. The topological polar surface area (TPSA) is 48.1 Å². The summed E-state index contributed by atoms with van der Waals surface area (Å²) in [5.41, 5.74) is 5.84. The Hall–Kier alpha value is -0.800. The highest BCUT2D eigenvalue weighted by Crippen LogP contribution is 2.21. The van der Waals surface area contributed by atoms with Gasteiger partial charge in [-0.15, -0.1) is 0 Å². The van der Waals surface area contributed by atoms with Crippen molar-refractivity contribution in [3.05, 3.63) is 23.5 Å². The average molecular weight is 243 g/mol. The van der Waals surface area contributed by atoms with Crippen LogP contribution in [0.4, 0.5) is 0 Å². The third-order valence-corrected chi connectivity index (χ3v) is 2.71. The molecule has 0 aromatic carbocycles. The normalized spacial score (nSPS) is 11.5. The molecule has 3 nitrogen and oxygen atoms in total. The van der Waals surface area contributed by atoms with Crippen molar-refractivity contribution in [2.75, 3.05) is 13.2 Å². The van der Waals surface area contributed by atoms with Crippen molar-refractivity contribution in [1.82, 2.24) is 4.98 Å². The van der Waals surface area contributed by atoms with Crippen LogP contribution in [-0.2, 0) is 0 Å². The number of rotatable bonds is 6. The van der Waals surface area contributed by atoms with Gasteiger partial charge in [0.25, 0.3) is 0 Å². The van der Waals surface area contributed by atoms with E-state index in [0.29, 0.717) is 18.2 Å². The van der Waals surface area contributed by atoms with Gasteiger partial charge in [-0.05, 0) is 24.8 Å². The molecule has 0 amide bonds. The van der Waals surface area contributed by atoms with E-state index in [1.54, 1.807) is 18.5 Å². The van der Waals surface area contributed by atoms with Gasteiger partial charge >= 0.3 is 0 Å². The van der Waals surface area contributed by atoms with Crippen molar-refractivity contribution in [3.63, 3.8) is 0 Å². The molecule has 16 heavy (non-hydrogen) atoms. The minimum Gasteiger partial charge on any atom is -0.492 e. The molecular formula is C12H19ClN2O. The Morgan fingerprint density at radius 1 is 1.44 bits per heavy atom. The van der Waals surface area contributed by atoms with Crippen LogP contribution in [-0.4, -0.2) is 18.1 Å². The van der Waals surface area contributed by atoms with E-state index in [0.717, 1.165) is 18.6 Å². The van der Waals surface area contributed by atoms with Gasteiger partial charge in [0, 0.05) is 12.3 Å². The summed E-state index contributed by atoms with van der Waals surface area (Å²) < 4.78 is 5.54. The van der Waals surface area contributed by atoms with Gasteiger partial charge in [-0.3, -0.25) is 4.98 Å². The van der Waals surface area contributed by atoms with Crippen molar-refractivity contribution in [1.29, 1.82) is 0 Å². The van der Waals surface area contributed by atoms with Crippen molar-refractivity contribution in [2.24, 2.45) is 11.1 Å². The molecule has 0 aliphatic carbocycles. The summed E-state index contributed by atoms with van der Waals surface area (Å²) in [6.07, 6.45) is 5.29. The maximum absolute atomic E-state index is 5.79. The number of aromatic nitrogens is 1. The summed E-state index contributed by atoms with van der Waals surface area (Å²) in [5.74, 6) is 0.720. The number of nitrogens with two attached hydrogens (primary N) is 1. The molecule has 0 spiro atoms. The van der Waals surface area contributed by atoms with Crippen LogP contribution in [0.2, 0.25) is 5.02 Å². The van der Waals surface area contributed by atoms with Crippen molar-refractivity contribution >= 4 is 11.6 Å². The zero-order chi connectivity index (χ0) is 12.0. The Balaban J connectivity index is 2.26. The lowest BCUT2D eigenvalue weighted by molar-refractivity contribution is 0.260. The van der Waals surface area contributed by atoms with Crippen LogP contribution in [0, 0.1) is 5.41 Å². The van der Waals surface area contributed by atoms with Crippen LogP contribution in [0.3, 0.4) is 0 Å². The summed E-state index contributed by atoms with van der Waals surface area (Å²) in [6.45, 7) is 5.69. The van der Waals surface area contributed by atoms with Gasteiger partial charge in [0.15, 0.2) is 0 Å². The highest BCUT2D eigenvalue weighted by atomic mass is 35.5. The predicted molar refractivity (Wildman–Crippen MR) is 66.8 cm³/mol. The molecule has 1 aromatic rings. The van der Waals surface area contributed by atoms with Gasteiger partial charge in [-0.2, -0.15) is 0 Å². The molecule has 0 saturated heterocycles. The standard InChI is InChI=1S/C12H19ClN2O/c1-12(2,9-14)4-3-5-16-11-6-10(13)7-15-8-11/h6-8H,3-5,9,14H2,1-2H3. The Morgan fingerprint density at radius 2 is 2.19 bits per heavy atom. The van der Waals surface area contributed by atoms with E-state index in [1.807, 2.05) is 0 Å². The Kier molecular flexibility index (Phi) is 5.03. The second kappa shape index (κ2) is 6.06. The van der Waals surface area contributed by atoms with E-state index in [2.05, 4.69) is 18.8 Å². The summed E-state index contributed by atoms with van der Waals surface area (Å²) in [5, 5.41) is 0.597. The van der Waals surface area contributed by atoms with Gasteiger partial charge in [-0.1, -0.05) is 25.4 Å². The van der Waals surface area contributed by atoms with E-state index in [4.69, 9.17) is 22.1 Å². The molecule has 1 aromatic heterocycles. The van der Waals surface area contributed by atoms with Crippen molar-refractivity contribution in [2.45, 2.75) is 26.7 Å². The first-order chi connectivity index (χ1) is 7.53. The lowest BCUT2D eigenvalue weighted by Crippen LogP contribution is -2.23. The van der Waals surface area contributed by atoms with Gasteiger partial charge < -0.3 is 10.5 Å². The minimum absolute atomic E-state index is 0.190. The monoisotopic (exact) mass is 242 g/mol. The maximum atomic E-state index is 5.79. The molecule has 2 N–H and O–H groups in total. The van der Waals surface area contributed by atoms with E-state index < -0.39 is 0 Å². The second-order valence-electron chi connectivity index (χ2n) is 4.66. The zero-order valence-corrected chi connectivity index (χ0v) is 10.6. The van der Waals surface area contributed by atoms with Gasteiger partial charge in [-0.25, -0.2) is 0 Å². The first-order valence-corrected chi connectivity index (χ1v) is 5.85. The van der Waals surface area contributed by atoms with Crippen LogP contribution < -0.4 is 10.5 Å². The Morgan fingerprint density at radius 3 is 2.81 bits per heavy atom. The van der Waals surface area contributed by atoms with Gasteiger partial charge in [0.05, 0.1) is 17.8 Å². The van der Waals surface area contributed by atoms with E-state index >= 15 is 0 Å². The van der Waals surface area contributed by atoms with Gasteiger partial charge in [0.1, 0.15) is 5.75 Å². The zero-order valence-electron chi connectivity index (χ0n) is 9.87. The molecule has 0 unspecified atom stereocenters. The van der Waals surface area contributed by atoms with E-state index in [1.165, 1.54) is 0 Å². The molecular weight excluding hydrogens is 224 g/mol. The molecule has 0 bridgehead atoms. The molecule has 4 heteroatoms. The van der Waals surface area contributed by atoms with Crippen LogP contribution in [0.1, 0.15) is 26.7 Å². The molecule has 0 fully saturated rings. The number of hydrogen-bond acceptors (Lipinski definition) is 3. The number of ether oxygens (including phenoxy) is 1. The first-order valence-electron chi connectivity index (χ1n) is 5.47. The number of nitrogens with zero attached hydrogens (tertiary/aromatic N) is 1. The lowest BCUT2D eigenvalue weighted by atomic mass is 9.88. The highest BCUT2D eigenvalue weighted by Gasteiger charge is 2.14. The molecule has 1 heterocycles. The average Bonchev–Trinajstić information content (AvgIpc) is 2.25. The molecule has 0 saturated carbocycles. The van der Waals surface area contributed by atoms with Crippen LogP contribution >= 0.6 is 11.6 Å². The summed E-state index contributed by atoms with van der Waals surface area (Å²) in [6, 6.07) is 1.77. The number of hydrogen-bond donors (Lipinski definition) is 1. The third kappa shape index (κ3) is 4.81. The summed E-state index contributed by atoms with van der Waals surface area (Å²) in [7, 11) is 0. The van der Waals surface area contributed by atoms with Crippen molar-refractivity contribution in [3.8, 4) is 5.75 Å². The molecule has 90 valence electrons. The first kappa shape index (κ1) is 13.3. The summed E-state index contributed by atoms with van der Waals surface area (Å²) >= 11 is 5.79. The Labute approximate surface area is 102 Å². The van der Waals surface area contributed by atoms with E-state index in [-0.39, 0.29) is 5.41 Å². The summed E-state index contributed by atoms with van der Waals surface area (Å²) in [4.78, 5) is 3.95. The number of pyridine rings is 1. The van der Waals surface area contributed by atoms with Crippen LogP contribution in [0.15, 0.2) is 18.5 Å².